The molecule has 0 bridgehead atoms. The Labute approximate surface area is 81.6 Å². The molecule has 0 aromatic heterocycles. The van der Waals surface area contributed by atoms with Gasteiger partial charge in [-0.05, 0) is 12.8 Å². The summed E-state index contributed by atoms with van der Waals surface area (Å²) >= 11 is 0. The van der Waals surface area contributed by atoms with Crippen LogP contribution in [0.2, 0.25) is 0 Å². The van der Waals surface area contributed by atoms with Gasteiger partial charge in [-0.15, -0.1) is 0 Å². The highest BCUT2D eigenvalue weighted by Gasteiger charge is 2.54. The summed E-state index contributed by atoms with van der Waals surface area (Å²) in [6.07, 6.45) is 1.86. The Morgan fingerprint density at radius 1 is 1.57 bits per heavy atom. The van der Waals surface area contributed by atoms with Gasteiger partial charge in [-0.1, -0.05) is 0 Å². The van der Waals surface area contributed by atoms with E-state index >= 15 is 0 Å². The van der Waals surface area contributed by atoms with Gasteiger partial charge in [0.1, 0.15) is 12.9 Å². The second-order valence-electron chi connectivity index (χ2n) is 4.17. The molecular weight excluding hydrogens is 186 g/mol. The third-order valence-electron chi connectivity index (χ3n) is 3.04. The predicted molar refractivity (Wildman–Crippen MR) is 47.1 cm³/mol. The highest BCUT2D eigenvalue weighted by atomic mass is 16.5. The maximum absolute atomic E-state index is 10.5. The van der Waals surface area contributed by atoms with Crippen molar-refractivity contribution in [2.75, 3.05) is 19.7 Å². The number of likely N-dealkylation sites (tertiary alicyclic amines) is 1. The normalized spacial score (nSPS) is 24.1. The molecule has 1 aliphatic heterocycles. The summed E-state index contributed by atoms with van der Waals surface area (Å²) in [6.45, 7) is 1.41. The van der Waals surface area contributed by atoms with Crippen molar-refractivity contribution < 1.29 is 19.4 Å². The Kier molecular flexibility index (Phi) is 2.19. The second-order valence-corrected chi connectivity index (χ2v) is 4.17. The highest BCUT2D eigenvalue weighted by molar-refractivity contribution is 5.66. The Balaban J connectivity index is 1.69. The minimum atomic E-state index is -0.840. The summed E-state index contributed by atoms with van der Waals surface area (Å²) in [5.74, 6) is 0. The molecule has 0 aromatic rings. The van der Waals surface area contributed by atoms with E-state index in [1.54, 1.807) is 0 Å². The molecule has 1 heterocycles. The van der Waals surface area contributed by atoms with E-state index in [4.69, 9.17) is 9.84 Å². The standard InChI is InChI=1S/C9H13NO4/c11-1-2-14-7-3-9(4-7)5-10(6-9)8(12)13/h1,7H,2-6H2,(H,12,13). The Morgan fingerprint density at radius 3 is 2.71 bits per heavy atom. The Morgan fingerprint density at radius 2 is 2.21 bits per heavy atom. The fraction of sp³-hybridized carbons (Fsp3) is 0.778. The van der Waals surface area contributed by atoms with Crippen LogP contribution in [-0.4, -0.2) is 48.2 Å². The molecule has 0 radical (unpaired) electrons. The van der Waals surface area contributed by atoms with E-state index in [9.17, 15) is 9.59 Å². The van der Waals surface area contributed by atoms with Gasteiger partial charge in [0.05, 0.1) is 6.10 Å². The van der Waals surface area contributed by atoms with Crippen molar-refractivity contribution in [3.8, 4) is 0 Å². The highest BCUT2D eigenvalue weighted by Crippen LogP contribution is 2.49. The number of hydrogen-bond acceptors (Lipinski definition) is 3. The molecule has 0 unspecified atom stereocenters. The predicted octanol–water partition coefficient (Wildman–Crippen LogP) is 0.344. The lowest BCUT2D eigenvalue weighted by Crippen LogP contribution is -2.65. The number of carboxylic acid groups (broad SMARTS) is 1. The first-order valence-electron chi connectivity index (χ1n) is 4.68. The molecule has 1 amide bonds. The molecule has 0 atom stereocenters. The SMILES string of the molecule is O=CCOC1CC2(C1)CN(C(=O)O)C2. The van der Waals surface area contributed by atoms with Gasteiger partial charge in [-0.3, -0.25) is 0 Å². The van der Waals surface area contributed by atoms with E-state index in [0.29, 0.717) is 13.1 Å². The van der Waals surface area contributed by atoms with Gasteiger partial charge >= 0.3 is 6.09 Å². The lowest BCUT2D eigenvalue weighted by Gasteiger charge is -2.57. The molecule has 1 saturated carbocycles. The fourth-order valence-corrected chi connectivity index (χ4v) is 2.36. The maximum atomic E-state index is 10.5. The van der Waals surface area contributed by atoms with Crippen LogP contribution in [0.1, 0.15) is 12.8 Å². The van der Waals surface area contributed by atoms with Crippen molar-refractivity contribution in [1.82, 2.24) is 4.90 Å². The average molecular weight is 199 g/mol. The van der Waals surface area contributed by atoms with Crippen LogP contribution in [-0.2, 0) is 9.53 Å². The topological polar surface area (TPSA) is 66.8 Å². The van der Waals surface area contributed by atoms with Crippen LogP contribution in [0, 0.1) is 5.41 Å². The first kappa shape index (κ1) is 9.45. The van der Waals surface area contributed by atoms with Gasteiger partial charge < -0.3 is 19.5 Å². The molecule has 1 N–H and O–H groups in total. The minimum absolute atomic E-state index is 0.156. The summed E-state index contributed by atoms with van der Waals surface area (Å²) in [4.78, 5) is 21.9. The number of hydrogen-bond donors (Lipinski definition) is 1. The van der Waals surface area contributed by atoms with E-state index in [1.165, 1.54) is 4.90 Å². The number of ether oxygens (including phenoxy) is 1. The molecular formula is C9H13NO4. The molecule has 1 aliphatic carbocycles. The van der Waals surface area contributed by atoms with E-state index in [0.717, 1.165) is 19.1 Å². The van der Waals surface area contributed by atoms with Crippen molar-refractivity contribution in [3.63, 3.8) is 0 Å². The number of nitrogens with zero attached hydrogens (tertiary/aromatic N) is 1. The van der Waals surface area contributed by atoms with Crippen LogP contribution in [0.4, 0.5) is 4.79 Å². The Bertz CT molecular complexity index is 252. The molecule has 5 heteroatoms. The summed E-state index contributed by atoms with van der Waals surface area (Å²) in [5.41, 5.74) is 0.173. The summed E-state index contributed by atoms with van der Waals surface area (Å²) < 4.78 is 5.22. The molecule has 0 aromatic carbocycles. The molecule has 2 aliphatic rings. The molecule has 5 nitrogen and oxygen atoms in total. The third-order valence-corrected chi connectivity index (χ3v) is 3.04. The summed E-state index contributed by atoms with van der Waals surface area (Å²) in [6, 6.07) is 0. The lowest BCUT2D eigenvalue weighted by molar-refractivity contribution is -0.146. The van der Waals surface area contributed by atoms with Crippen molar-refractivity contribution in [3.05, 3.63) is 0 Å². The molecule has 1 saturated heterocycles. The van der Waals surface area contributed by atoms with Crippen LogP contribution in [0.15, 0.2) is 0 Å². The summed E-state index contributed by atoms with van der Waals surface area (Å²) in [7, 11) is 0. The van der Waals surface area contributed by atoms with Crippen molar-refractivity contribution in [2.45, 2.75) is 18.9 Å². The zero-order valence-corrected chi connectivity index (χ0v) is 7.81. The van der Waals surface area contributed by atoms with Crippen LogP contribution in [0.3, 0.4) is 0 Å². The number of rotatable bonds is 3. The second kappa shape index (κ2) is 3.24. The first-order chi connectivity index (χ1) is 6.65. The van der Waals surface area contributed by atoms with Crippen molar-refractivity contribution in [1.29, 1.82) is 0 Å². The fourth-order valence-electron chi connectivity index (χ4n) is 2.36. The number of aldehydes is 1. The maximum Gasteiger partial charge on any atom is 0.407 e. The van der Waals surface area contributed by atoms with E-state index in [2.05, 4.69) is 0 Å². The summed E-state index contributed by atoms with van der Waals surface area (Å²) in [5, 5.41) is 8.64. The number of carbonyl (C=O) groups is 2. The smallest absolute Gasteiger partial charge is 0.407 e. The minimum Gasteiger partial charge on any atom is -0.465 e. The number of amides is 1. The largest absolute Gasteiger partial charge is 0.465 e. The zero-order valence-electron chi connectivity index (χ0n) is 7.81. The lowest BCUT2D eigenvalue weighted by atomic mass is 9.62. The molecule has 1 spiro atoms. The average Bonchev–Trinajstić information content (AvgIpc) is 1.98. The van der Waals surface area contributed by atoms with Gasteiger partial charge in [0.25, 0.3) is 0 Å². The molecule has 14 heavy (non-hydrogen) atoms. The van der Waals surface area contributed by atoms with E-state index in [-0.39, 0.29) is 18.1 Å². The van der Waals surface area contributed by atoms with Gasteiger partial charge in [-0.25, -0.2) is 4.79 Å². The third kappa shape index (κ3) is 1.48. The number of carbonyl (C=O) groups excluding carboxylic acids is 1. The van der Waals surface area contributed by atoms with Crippen molar-refractivity contribution >= 4 is 12.4 Å². The van der Waals surface area contributed by atoms with Crippen LogP contribution < -0.4 is 0 Å². The van der Waals surface area contributed by atoms with Gasteiger partial charge in [0, 0.05) is 18.5 Å². The van der Waals surface area contributed by atoms with Crippen molar-refractivity contribution in [2.24, 2.45) is 5.41 Å². The van der Waals surface area contributed by atoms with Gasteiger partial charge in [-0.2, -0.15) is 0 Å². The monoisotopic (exact) mass is 199 g/mol. The quantitative estimate of drug-likeness (QED) is 0.666. The zero-order chi connectivity index (χ0) is 10.2. The van der Waals surface area contributed by atoms with Crippen LogP contribution in [0.5, 0.6) is 0 Å². The first-order valence-corrected chi connectivity index (χ1v) is 4.68. The Hall–Kier alpha value is -1.10. The van der Waals surface area contributed by atoms with Gasteiger partial charge in [0.15, 0.2) is 0 Å². The molecule has 2 fully saturated rings. The van der Waals surface area contributed by atoms with Crippen LogP contribution >= 0.6 is 0 Å². The molecule has 78 valence electrons. The van der Waals surface area contributed by atoms with Gasteiger partial charge in [0.2, 0.25) is 0 Å². The van der Waals surface area contributed by atoms with E-state index in [1.807, 2.05) is 0 Å². The molecule has 2 rings (SSSR count). The van der Waals surface area contributed by atoms with E-state index < -0.39 is 6.09 Å². The van der Waals surface area contributed by atoms with Crippen LogP contribution in [0.25, 0.3) is 0 Å².